The summed E-state index contributed by atoms with van der Waals surface area (Å²) in [5, 5.41) is 7.54. The predicted molar refractivity (Wildman–Crippen MR) is 121 cm³/mol. The van der Waals surface area contributed by atoms with Crippen LogP contribution in [-0.4, -0.2) is 40.3 Å². The van der Waals surface area contributed by atoms with E-state index < -0.39 is 5.82 Å². The Bertz CT molecular complexity index is 836. The highest BCUT2D eigenvalue weighted by molar-refractivity contribution is 9.10. The maximum absolute atomic E-state index is 14.5. The number of aromatic nitrogens is 3. The van der Waals surface area contributed by atoms with Crippen LogP contribution in [-0.2, 0) is 0 Å². The summed E-state index contributed by atoms with van der Waals surface area (Å²) in [6.07, 6.45) is 2.14. The number of hydrogen-bond donors (Lipinski definition) is 2. The number of nitrogens with zero attached hydrogens (tertiary/aromatic N) is 3. The standard InChI is InChI=1S/C19H26BrClFN5S/c1-5-12(9-11(3)4)10-23-7-8-24-18-13-15(25-19(27-18)28-6-2)14(22)17(21)26-16(13)20/h12,23H,3,5-10H2,1-2,4H3,(H,24,25,27). The van der Waals surface area contributed by atoms with Crippen LogP contribution in [0.4, 0.5) is 10.2 Å². The number of rotatable bonds is 11. The van der Waals surface area contributed by atoms with Crippen molar-refractivity contribution in [2.24, 2.45) is 5.92 Å². The molecule has 0 aliphatic carbocycles. The number of fused-ring (bicyclic) bond motifs is 1. The first-order valence-electron chi connectivity index (χ1n) is 9.31. The van der Waals surface area contributed by atoms with E-state index in [4.69, 9.17) is 11.6 Å². The van der Waals surface area contributed by atoms with E-state index in [0.29, 0.717) is 33.4 Å². The van der Waals surface area contributed by atoms with Crippen molar-refractivity contribution in [3.05, 3.63) is 27.7 Å². The molecule has 2 heterocycles. The predicted octanol–water partition coefficient (Wildman–Crippen LogP) is 5.69. The number of anilines is 1. The van der Waals surface area contributed by atoms with Gasteiger partial charge in [-0.25, -0.2) is 19.3 Å². The summed E-state index contributed by atoms with van der Waals surface area (Å²) < 4.78 is 14.9. The van der Waals surface area contributed by atoms with Gasteiger partial charge in [0, 0.05) is 13.1 Å². The number of thioether (sulfide) groups is 1. The Labute approximate surface area is 183 Å². The molecule has 0 radical (unpaired) electrons. The van der Waals surface area contributed by atoms with Crippen molar-refractivity contribution >= 4 is 56.0 Å². The molecule has 0 fully saturated rings. The Morgan fingerprint density at radius 3 is 2.68 bits per heavy atom. The minimum atomic E-state index is -0.632. The first-order chi connectivity index (χ1) is 13.4. The maximum Gasteiger partial charge on any atom is 0.190 e. The van der Waals surface area contributed by atoms with Gasteiger partial charge in [0.1, 0.15) is 15.9 Å². The molecular weight excluding hydrogens is 465 g/mol. The van der Waals surface area contributed by atoms with Gasteiger partial charge < -0.3 is 10.6 Å². The van der Waals surface area contributed by atoms with Gasteiger partial charge in [-0.15, -0.1) is 6.58 Å². The zero-order chi connectivity index (χ0) is 20.7. The molecule has 2 aromatic heterocycles. The van der Waals surface area contributed by atoms with E-state index in [1.165, 1.54) is 17.3 Å². The number of hydrogen-bond acceptors (Lipinski definition) is 6. The summed E-state index contributed by atoms with van der Waals surface area (Å²) in [5.41, 5.74) is 1.37. The van der Waals surface area contributed by atoms with Crippen molar-refractivity contribution < 1.29 is 4.39 Å². The average molecular weight is 491 g/mol. The molecular formula is C19H26BrClFN5S. The Kier molecular flexibility index (Phi) is 9.40. The van der Waals surface area contributed by atoms with Crippen molar-refractivity contribution in [3.63, 3.8) is 0 Å². The molecule has 0 amide bonds. The van der Waals surface area contributed by atoms with Gasteiger partial charge >= 0.3 is 0 Å². The van der Waals surface area contributed by atoms with Crippen LogP contribution in [0.2, 0.25) is 5.15 Å². The quantitative estimate of drug-likeness (QED) is 0.139. The van der Waals surface area contributed by atoms with Gasteiger partial charge in [-0.3, -0.25) is 0 Å². The molecule has 1 unspecified atom stereocenters. The fourth-order valence-electron chi connectivity index (χ4n) is 2.83. The highest BCUT2D eigenvalue weighted by Gasteiger charge is 2.18. The van der Waals surface area contributed by atoms with E-state index in [1.54, 1.807) is 0 Å². The second-order valence-corrected chi connectivity index (χ2v) is 8.93. The van der Waals surface area contributed by atoms with Gasteiger partial charge in [0.15, 0.2) is 16.1 Å². The first-order valence-corrected chi connectivity index (χ1v) is 11.5. The molecule has 2 rings (SSSR count). The summed E-state index contributed by atoms with van der Waals surface area (Å²) in [6, 6.07) is 0. The van der Waals surface area contributed by atoms with E-state index in [1.807, 2.05) is 6.92 Å². The molecule has 0 spiro atoms. The molecule has 0 saturated heterocycles. The van der Waals surface area contributed by atoms with E-state index in [-0.39, 0.29) is 10.7 Å². The molecule has 0 aromatic carbocycles. The number of halogens is 3. The van der Waals surface area contributed by atoms with E-state index in [0.717, 1.165) is 31.7 Å². The van der Waals surface area contributed by atoms with Crippen molar-refractivity contribution in [2.75, 3.05) is 30.7 Å². The van der Waals surface area contributed by atoms with Crippen LogP contribution in [0.15, 0.2) is 21.9 Å². The maximum atomic E-state index is 14.5. The molecule has 28 heavy (non-hydrogen) atoms. The molecule has 2 aromatic rings. The van der Waals surface area contributed by atoms with Crippen LogP contribution in [0.5, 0.6) is 0 Å². The van der Waals surface area contributed by atoms with Crippen molar-refractivity contribution in [3.8, 4) is 0 Å². The SMILES string of the molecule is C=C(C)CC(CC)CNCCNc1nc(SCC)nc2c(F)c(Cl)nc(Br)c12. The van der Waals surface area contributed by atoms with Gasteiger partial charge in [0.2, 0.25) is 0 Å². The van der Waals surface area contributed by atoms with Gasteiger partial charge in [0.05, 0.1) is 5.39 Å². The first kappa shape index (κ1) is 23.3. The van der Waals surface area contributed by atoms with Crippen LogP contribution in [0, 0.1) is 11.7 Å². The Hall–Kier alpha value is -0.960. The zero-order valence-corrected chi connectivity index (χ0v) is 19.6. The van der Waals surface area contributed by atoms with Crippen LogP contribution in [0.3, 0.4) is 0 Å². The number of nitrogens with one attached hydrogen (secondary N) is 2. The van der Waals surface area contributed by atoms with Crippen molar-refractivity contribution in [1.29, 1.82) is 0 Å². The molecule has 5 nitrogen and oxygen atoms in total. The monoisotopic (exact) mass is 489 g/mol. The third-order valence-corrected chi connectivity index (χ3v) is 5.75. The van der Waals surface area contributed by atoms with E-state index >= 15 is 0 Å². The summed E-state index contributed by atoms with van der Waals surface area (Å²) in [7, 11) is 0. The smallest absolute Gasteiger partial charge is 0.190 e. The molecule has 0 saturated carbocycles. The van der Waals surface area contributed by atoms with Crippen molar-refractivity contribution in [2.45, 2.75) is 38.8 Å². The lowest BCUT2D eigenvalue weighted by Crippen LogP contribution is -2.28. The molecule has 154 valence electrons. The van der Waals surface area contributed by atoms with Crippen LogP contribution >= 0.6 is 39.3 Å². The molecule has 0 aliphatic heterocycles. The Morgan fingerprint density at radius 2 is 2.04 bits per heavy atom. The van der Waals surface area contributed by atoms with Crippen LogP contribution < -0.4 is 10.6 Å². The molecule has 2 N–H and O–H groups in total. The summed E-state index contributed by atoms with van der Waals surface area (Å²) in [4.78, 5) is 12.8. The number of pyridine rings is 1. The number of allylic oxidation sites excluding steroid dienone is 1. The average Bonchev–Trinajstić information content (AvgIpc) is 2.64. The van der Waals surface area contributed by atoms with Gasteiger partial charge in [-0.2, -0.15) is 0 Å². The Balaban J connectivity index is 2.11. The lowest BCUT2D eigenvalue weighted by molar-refractivity contribution is 0.464. The lowest BCUT2D eigenvalue weighted by Gasteiger charge is -2.16. The molecule has 9 heteroatoms. The lowest BCUT2D eigenvalue weighted by atomic mass is 9.98. The van der Waals surface area contributed by atoms with Gasteiger partial charge in [-0.1, -0.05) is 49.2 Å². The third-order valence-electron chi connectivity index (χ3n) is 4.20. The second-order valence-electron chi connectivity index (χ2n) is 6.59. The highest BCUT2D eigenvalue weighted by atomic mass is 79.9. The highest BCUT2D eigenvalue weighted by Crippen LogP contribution is 2.33. The fraction of sp³-hybridized carbons (Fsp3) is 0.526. The minimum absolute atomic E-state index is 0.167. The second kappa shape index (κ2) is 11.3. The summed E-state index contributed by atoms with van der Waals surface area (Å²) in [5.74, 6) is 1.29. The summed E-state index contributed by atoms with van der Waals surface area (Å²) >= 11 is 10.7. The van der Waals surface area contributed by atoms with Crippen molar-refractivity contribution in [1.82, 2.24) is 20.3 Å². The van der Waals surface area contributed by atoms with Gasteiger partial charge in [0.25, 0.3) is 0 Å². The molecule has 0 bridgehead atoms. The van der Waals surface area contributed by atoms with Gasteiger partial charge in [-0.05, 0) is 47.5 Å². The third kappa shape index (κ3) is 6.27. The van der Waals surface area contributed by atoms with E-state index in [2.05, 4.69) is 61.9 Å². The molecule has 1 atom stereocenters. The van der Waals surface area contributed by atoms with Crippen LogP contribution in [0.1, 0.15) is 33.6 Å². The van der Waals surface area contributed by atoms with Crippen LogP contribution in [0.25, 0.3) is 10.9 Å². The zero-order valence-electron chi connectivity index (χ0n) is 16.4. The summed E-state index contributed by atoms with van der Waals surface area (Å²) in [6.45, 7) is 12.6. The largest absolute Gasteiger partial charge is 0.368 e. The normalized spacial score (nSPS) is 12.4. The molecule has 0 aliphatic rings. The topological polar surface area (TPSA) is 62.7 Å². The fourth-order valence-corrected chi connectivity index (χ4v) is 4.23. The van der Waals surface area contributed by atoms with E-state index in [9.17, 15) is 4.39 Å². The Morgan fingerprint density at radius 1 is 1.29 bits per heavy atom. The minimum Gasteiger partial charge on any atom is -0.368 e.